The molecule has 1 N–H and O–H groups in total. The zero-order valence-corrected chi connectivity index (χ0v) is 12.8. The molecule has 0 bridgehead atoms. The van der Waals surface area contributed by atoms with Crippen molar-refractivity contribution in [1.29, 1.82) is 0 Å². The van der Waals surface area contributed by atoms with E-state index in [4.69, 9.17) is 0 Å². The summed E-state index contributed by atoms with van der Waals surface area (Å²) in [5, 5.41) is 2.94. The zero-order valence-electron chi connectivity index (χ0n) is 12.8. The molecular weight excluding hydrogens is 260 g/mol. The molecule has 0 radical (unpaired) electrons. The molecule has 0 spiro atoms. The third kappa shape index (κ3) is 4.17. The number of benzene rings is 2. The largest absolute Gasteiger partial charge is 0.325 e. The first kappa shape index (κ1) is 15.3. The Hall–Kier alpha value is -2.13. The van der Waals surface area contributed by atoms with Crippen LogP contribution in [0.15, 0.2) is 54.6 Å². The Kier molecular flexibility index (Phi) is 5.12. The van der Waals surface area contributed by atoms with Gasteiger partial charge in [0.25, 0.3) is 0 Å². The lowest BCUT2D eigenvalue weighted by atomic mass is 10.1. The molecule has 0 fully saturated rings. The first-order valence-corrected chi connectivity index (χ1v) is 7.18. The molecule has 0 aliphatic heterocycles. The van der Waals surface area contributed by atoms with Crippen LogP contribution >= 0.6 is 0 Å². The Morgan fingerprint density at radius 1 is 1.10 bits per heavy atom. The molecule has 0 aliphatic rings. The summed E-state index contributed by atoms with van der Waals surface area (Å²) in [6.45, 7) is 4.78. The maximum atomic E-state index is 12.3. The number of amides is 1. The lowest BCUT2D eigenvalue weighted by molar-refractivity contribution is -0.120. The first-order chi connectivity index (χ1) is 10.1. The molecule has 2 aromatic rings. The molecular formula is C18H22N2O. The lowest BCUT2D eigenvalue weighted by Gasteiger charge is -2.24. The highest BCUT2D eigenvalue weighted by atomic mass is 16.2. The van der Waals surface area contributed by atoms with Crippen molar-refractivity contribution in [1.82, 2.24) is 4.90 Å². The van der Waals surface area contributed by atoms with E-state index in [-0.39, 0.29) is 11.9 Å². The number of aryl methyl sites for hydroxylation is 1. The molecule has 0 heterocycles. The predicted molar refractivity (Wildman–Crippen MR) is 87.2 cm³/mol. The van der Waals surface area contributed by atoms with Crippen LogP contribution in [0.2, 0.25) is 0 Å². The van der Waals surface area contributed by atoms with Gasteiger partial charge < -0.3 is 5.32 Å². The topological polar surface area (TPSA) is 32.3 Å². The summed E-state index contributed by atoms with van der Waals surface area (Å²) in [4.78, 5) is 14.3. The van der Waals surface area contributed by atoms with Crippen LogP contribution in [0, 0.1) is 6.92 Å². The number of para-hydroxylation sites is 1. The van der Waals surface area contributed by atoms with Gasteiger partial charge in [0.15, 0.2) is 0 Å². The number of carbonyl (C=O) groups is 1. The van der Waals surface area contributed by atoms with Gasteiger partial charge >= 0.3 is 0 Å². The number of likely N-dealkylation sites (N-methyl/N-ethyl adjacent to an activating group) is 1. The van der Waals surface area contributed by atoms with E-state index in [0.717, 1.165) is 12.2 Å². The summed E-state index contributed by atoms with van der Waals surface area (Å²) < 4.78 is 0. The number of hydrogen-bond donors (Lipinski definition) is 1. The first-order valence-electron chi connectivity index (χ1n) is 7.18. The minimum Gasteiger partial charge on any atom is -0.325 e. The fraction of sp³-hybridized carbons (Fsp3) is 0.278. The van der Waals surface area contributed by atoms with Gasteiger partial charge in [0.1, 0.15) is 0 Å². The van der Waals surface area contributed by atoms with Gasteiger partial charge in [-0.1, -0.05) is 42.5 Å². The second-order valence-electron chi connectivity index (χ2n) is 5.37. The molecule has 1 atom stereocenters. The Labute approximate surface area is 126 Å². The van der Waals surface area contributed by atoms with E-state index >= 15 is 0 Å². The molecule has 0 aliphatic carbocycles. The number of hydrogen-bond acceptors (Lipinski definition) is 2. The standard InChI is InChI=1S/C18H22N2O/c1-14-9-7-8-10-16(14)13-20(3)15(2)18(21)19-17-11-5-4-6-12-17/h4-12,15H,13H2,1-3H3,(H,19,21)/t15-/m1/s1. The minimum absolute atomic E-state index is 0.0114. The summed E-state index contributed by atoms with van der Waals surface area (Å²) in [5.41, 5.74) is 3.33. The molecule has 3 heteroatoms. The highest BCUT2D eigenvalue weighted by Gasteiger charge is 2.18. The summed E-state index contributed by atoms with van der Waals surface area (Å²) in [6.07, 6.45) is 0. The summed E-state index contributed by atoms with van der Waals surface area (Å²) >= 11 is 0. The zero-order chi connectivity index (χ0) is 15.2. The van der Waals surface area contributed by atoms with Crippen molar-refractivity contribution in [3.63, 3.8) is 0 Å². The number of rotatable bonds is 5. The molecule has 3 nitrogen and oxygen atoms in total. The highest BCUT2D eigenvalue weighted by molar-refractivity contribution is 5.94. The number of anilines is 1. The number of nitrogens with zero attached hydrogens (tertiary/aromatic N) is 1. The van der Waals surface area contributed by atoms with E-state index in [1.54, 1.807) is 0 Å². The Morgan fingerprint density at radius 2 is 1.71 bits per heavy atom. The third-order valence-corrected chi connectivity index (χ3v) is 3.76. The van der Waals surface area contributed by atoms with Crippen LogP contribution < -0.4 is 5.32 Å². The second kappa shape index (κ2) is 7.04. The third-order valence-electron chi connectivity index (χ3n) is 3.76. The van der Waals surface area contributed by atoms with Crippen LogP contribution in [0.25, 0.3) is 0 Å². The van der Waals surface area contributed by atoms with E-state index < -0.39 is 0 Å². The van der Waals surface area contributed by atoms with Crippen LogP contribution in [0.5, 0.6) is 0 Å². The van der Waals surface area contributed by atoms with Crippen LogP contribution in [0.1, 0.15) is 18.1 Å². The van der Waals surface area contributed by atoms with Crippen molar-refractivity contribution in [2.45, 2.75) is 26.4 Å². The van der Waals surface area contributed by atoms with Crippen LogP contribution in [0.4, 0.5) is 5.69 Å². The van der Waals surface area contributed by atoms with E-state index in [1.807, 2.05) is 56.4 Å². The van der Waals surface area contributed by atoms with Crippen molar-refractivity contribution in [2.24, 2.45) is 0 Å². The van der Waals surface area contributed by atoms with Gasteiger partial charge in [0.05, 0.1) is 6.04 Å². The van der Waals surface area contributed by atoms with E-state index in [9.17, 15) is 4.79 Å². The molecule has 0 saturated carbocycles. The van der Waals surface area contributed by atoms with E-state index in [0.29, 0.717) is 0 Å². The van der Waals surface area contributed by atoms with Gasteiger partial charge in [0, 0.05) is 12.2 Å². The molecule has 110 valence electrons. The van der Waals surface area contributed by atoms with Gasteiger partial charge in [-0.25, -0.2) is 0 Å². The molecule has 0 aromatic heterocycles. The Bertz CT molecular complexity index is 595. The van der Waals surface area contributed by atoms with Crippen LogP contribution in [-0.4, -0.2) is 23.9 Å². The van der Waals surface area contributed by atoms with Crippen molar-refractivity contribution < 1.29 is 4.79 Å². The summed E-state index contributed by atoms with van der Waals surface area (Å²) in [5.74, 6) is 0.0114. The van der Waals surface area contributed by atoms with Crippen molar-refractivity contribution in [2.75, 3.05) is 12.4 Å². The summed E-state index contributed by atoms with van der Waals surface area (Å²) in [6, 6.07) is 17.6. The maximum Gasteiger partial charge on any atom is 0.241 e. The minimum atomic E-state index is -0.190. The summed E-state index contributed by atoms with van der Waals surface area (Å²) in [7, 11) is 1.97. The van der Waals surface area contributed by atoms with Crippen molar-refractivity contribution >= 4 is 11.6 Å². The molecule has 21 heavy (non-hydrogen) atoms. The molecule has 0 saturated heterocycles. The molecule has 1 amide bonds. The van der Waals surface area contributed by atoms with Crippen LogP contribution in [0.3, 0.4) is 0 Å². The van der Waals surface area contributed by atoms with E-state index in [2.05, 4.69) is 29.3 Å². The second-order valence-corrected chi connectivity index (χ2v) is 5.37. The normalized spacial score (nSPS) is 12.2. The SMILES string of the molecule is Cc1ccccc1CN(C)[C@H](C)C(=O)Nc1ccccc1. The highest BCUT2D eigenvalue weighted by Crippen LogP contribution is 2.13. The molecule has 2 aromatic carbocycles. The van der Waals surface area contributed by atoms with Gasteiger partial charge in [-0.2, -0.15) is 0 Å². The number of carbonyl (C=O) groups excluding carboxylic acids is 1. The van der Waals surface area contributed by atoms with Gasteiger partial charge in [-0.05, 0) is 44.2 Å². The Balaban J connectivity index is 1.97. The number of nitrogens with one attached hydrogen (secondary N) is 1. The Morgan fingerprint density at radius 3 is 2.38 bits per heavy atom. The maximum absolute atomic E-state index is 12.3. The molecule has 0 unspecified atom stereocenters. The average molecular weight is 282 g/mol. The van der Waals surface area contributed by atoms with Crippen molar-refractivity contribution in [3.8, 4) is 0 Å². The molecule has 2 rings (SSSR count). The monoisotopic (exact) mass is 282 g/mol. The quantitative estimate of drug-likeness (QED) is 0.911. The van der Waals surface area contributed by atoms with Crippen LogP contribution in [-0.2, 0) is 11.3 Å². The predicted octanol–water partition coefficient (Wildman–Crippen LogP) is 3.45. The average Bonchev–Trinajstić information content (AvgIpc) is 2.49. The van der Waals surface area contributed by atoms with Gasteiger partial charge in [-0.15, -0.1) is 0 Å². The lowest BCUT2D eigenvalue weighted by Crippen LogP contribution is -2.39. The van der Waals surface area contributed by atoms with Gasteiger partial charge in [0.2, 0.25) is 5.91 Å². The van der Waals surface area contributed by atoms with Crippen molar-refractivity contribution in [3.05, 3.63) is 65.7 Å². The fourth-order valence-electron chi connectivity index (χ4n) is 2.16. The van der Waals surface area contributed by atoms with Gasteiger partial charge in [-0.3, -0.25) is 9.69 Å². The fourth-order valence-corrected chi connectivity index (χ4v) is 2.16. The smallest absolute Gasteiger partial charge is 0.241 e. The van der Waals surface area contributed by atoms with E-state index in [1.165, 1.54) is 11.1 Å².